The zero-order chi connectivity index (χ0) is 18.0. The van der Waals surface area contributed by atoms with E-state index in [1.807, 2.05) is 0 Å². The molecule has 0 saturated heterocycles. The number of alkyl halides is 3. The lowest BCUT2D eigenvalue weighted by molar-refractivity contribution is -0.115. The number of nitrogens with zero attached hydrogens (tertiary/aromatic N) is 3. The Morgan fingerprint density at radius 3 is 2.58 bits per heavy atom. The van der Waals surface area contributed by atoms with Crippen LogP contribution in [0.15, 0.2) is 18.5 Å². The summed E-state index contributed by atoms with van der Waals surface area (Å²) in [5, 5.41) is 11.3. The van der Waals surface area contributed by atoms with Crippen molar-refractivity contribution in [2.75, 3.05) is 11.9 Å². The second-order valence-electron chi connectivity index (χ2n) is 5.76. The summed E-state index contributed by atoms with van der Waals surface area (Å²) in [7, 11) is 0. The number of pyridine rings is 1. The summed E-state index contributed by atoms with van der Waals surface area (Å²) in [6.07, 6.45) is -3.05. The molecule has 0 aliphatic rings. The van der Waals surface area contributed by atoms with Gasteiger partial charge in [-0.15, -0.1) is 0 Å². The molecule has 130 valence electrons. The molecule has 7 nitrogen and oxygen atoms in total. The van der Waals surface area contributed by atoms with E-state index in [4.69, 9.17) is 0 Å². The van der Waals surface area contributed by atoms with E-state index in [9.17, 15) is 18.0 Å². The van der Waals surface area contributed by atoms with Crippen LogP contribution in [0.1, 0.15) is 35.7 Å². The summed E-state index contributed by atoms with van der Waals surface area (Å²) < 4.78 is 36.9. The summed E-state index contributed by atoms with van der Waals surface area (Å²) in [6, 6.07) is 2.76. The maximum Gasteiger partial charge on any atom is 0.405 e. The van der Waals surface area contributed by atoms with Crippen molar-refractivity contribution in [1.29, 1.82) is 0 Å². The minimum Gasteiger partial charge on any atom is -0.361 e. The number of carbonyl (C=O) groups is 1. The Morgan fingerprint density at radius 2 is 2.00 bits per heavy atom. The normalized spacial score (nSPS) is 12.1. The minimum atomic E-state index is -4.37. The van der Waals surface area contributed by atoms with E-state index in [1.54, 1.807) is 20.8 Å². The topological polar surface area (TPSA) is 95.6 Å². The van der Waals surface area contributed by atoms with Crippen molar-refractivity contribution in [2.24, 2.45) is 0 Å². The predicted molar refractivity (Wildman–Crippen MR) is 80.4 cm³/mol. The number of halogens is 3. The molecule has 24 heavy (non-hydrogen) atoms. The van der Waals surface area contributed by atoms with Crippen LogP contribution in [0, 0.1) is 6.92 Å². The van der Waals surface area contributed by atoms with E-state index in [0.717, 1.165) is 0 Å². The highest BCUT2D eigenvalue weighted by atomic mass is 19.4. The fourth-order valence-corrected chi connectivity index (χ4v) is 2.00. The van der Waals surface area contributed by atoms with Crippen molar-refractivity contribution in [2.45, 2.75) is 32.5 Å². The number of hydrogen-bond donors (Lipinski definition) is 3. The lowest BCUT2D eigenvalue weighted by Gasteiger charge is -2.23. The van der Waals surface area contributed by atoms with Crippen molar-refractivity contribution >= 4 is 11.7 Å². The molecule has 2 rings (SSSR count). The maximum atomic E-state index is 12.4. The highest BCUT2D eigenvalue weighted by Crippen LogP contribution is 2.19. The van der Waals surface area contributed by atoms with E-state index in [1.165, 1.54) is 18.5 Å². The van der Waals surface area contributed by atoms with Crippen molar-refractivity contribution in [1.82, 2.24) is 25.5 Å². The Kier molecular flexibility index (Phi) is 4.76. The number of H-pyrrole nitrogens is 1. The van der Waals surface area contributed by atoms with Crippen LogP contribution < -0.4 is 10.6 Å². The highest BCUT2D eigenvalue weighted by molar-refractivity contribution is 5.95. The van der Waals surface area contributed by atoms with Crippen LogP contribution in [0.4, 0.5) is 19.0 Å². The van der Waals surface area contributed by atoms with Crippen molar-refractivity contribution in [3.8, 4) is 0 Å². The molecule has 10 heteroatoms. The summed E-state index contributed by atoms with van der Waals surface area (Å²) in [4.78, 5) is 20.4. The zero-order valence-corrected chi connectivity index (χ0v) is 13.3. The first-order valence-electron chi connectivity index (χ1n) is 7.04. The Balaban J connectivity index is 2.16. The van der Waals surface area contributed by atoms with Crippen LogP contribution in [-0.2, 0) is 5.54 Å². The molecule has 0 bridgehead atoms. The molecule has 0 fully saturated rings. The van der Waals surface area contributed by atoms with Gasteiger partial charge in [-0.05, 0) is 32.9 Å². The molecule has 2 aromatic heterocycles. The molecular formula is C14H17F3N6O. The van der Waals surface area contributed by atoms with Gasteiger partial charge in [0.1, 0.15) is 24.5 Å². The van der Waals surface area contributed by atoms with Gasteiger partial charge in [0.2, 0.25) is 0 Å². The maximum absolute atomic E-state index is 12.4. The van der Waals surface area contributed by atoms with Gasteiger partial charge in [-0.2, -0.15) is 18.3 Å². The van der Waals surface area contributed by atoms with Crippen LogP contribution in [-0.4, -0.2) is 38.8 Å². The molecule has 0 aromatic carbocycles. The third-order valence-electron chi connectivity index (χ3n) is 3.12. The Hall–Kier alpha value is -2.65. The molecule has 3 N–H and O–H groups in total. The molecule has 0 radical (unpaired) electrons. The first-order chi connectivity index (χ1) is 11.1. The first kappa shape index (κ1) is 17.7. The van der Waals surface area contributed by atoms with Gasteiger partial charge in [-0.3, -0.25) is 9.89 Å². The largest absolute Gasteiger partial charge is 0.405 e. The second kappa shape index (κ2) is 6.46. The fraction of sp³-hybridized carbons (Fsp3) is 0.429. The SMILES string of the molecule is Cc1cc(C(=O)NC(C)(C)c2ncn[nH]2)cc(NCC(F)(F)F)n1. The van der Waals surface area contributed by atoms with Gasteiger partial charge in [0.25, 0.3) is 5.91 Å². The summed E-state index contributed by atoms with van der Waals surface area (Å²) >= 11 is 0. The molecule has 0 atom stereocenters. The number of aryl methyl sites for hydroxylation is 1. The predicted octanol–water partition coefficient (Wildman–Crippen LogP) is 2.15. The van der Waals surface area contributed by atoms with E-state index < -0.39 is 24.2 Å². The number of aromatic amines is 1. The highest BCUT2D eigenvalue weighted by Gasteiger charge is 2.28. The Labute approximate surface area is 136 Å². The summed E-state index contributed by atoms with van der Waals surface area (Å²) in [5.41, 5.74) is -0.214. The van der Waals surface area contributed by atoms with Crippen molar-refractivity contribution in [3.05, 3.63) is 35.5 Å². The molecule has 0 spiro atoms. The summed E-state index contributed by atoms with van der Waals surface area (Å²) in [5.74, 6) is -0.0241. The average molecular weight is 342 g/mol. The van der Waals surface area contributed by atoms with E-state index in [-0.39, 0.29) is 11.4 Å². The average Bonchev–Trinajstić information content (AvgIpc) is 2.98. The Morgan fingerprint density at radius 1 is 1.29 bits per heavy atom. The number of hydrogen-bond acceptors (Lipinski definition) is 5. The Bertz CT molecular complexity index is 712. The monoisotopic (exact) mass is 342 g/mol. The zero-order valence-electron chi connectivity index (χ0n) is 13.3. The first-order valence-corrected chi connectivity index (χ1v) is 7.04. The van der Waals surface area contributed by atoms with Crippen molar-refractivity contribution in [3.63, 3.8) is 0 Å². The van der Waals surface area contributed by atoms with Crippen molar-refractivity contribution < 1.29 is 18.0 Å². The molecule has 0 saturated carbocycles. The number of anilines is 1. The van der Waals surface area contributed by atoms with E-state index >= 15 is 0 Å². The van der Waals surface area contributed by atoms with Crippen LogP contribution in [0.3, 0.4) is 0 Å². The fourth-order valence-electron chi connectivity index (χ4n) is 2.00. The van der Waals surface area contributed by atoms with Crippen LogP contribution in [0.2, 0.25) is 0 Å². The van der Waals surface area contributed by atoms with E-state index in [0.29, 0.717) is 11.5 Å². The molecule has 0 aliphatic carbocycles. The molecular weight excluding hydrogens is 325 g/mol. The molecule has 0 unspecified atom stereocenters. The van der Waals surface area contributed by atoms with Gasteiger partial charge in [0.05, 0.1) is 5.54 Å². The smallest absolute Gasteiger partial charge is 0.361 e. The van der Waals surface area contributed by atoms with Gasteiger partial charge in [-0.25, -0.2) is 9.97 Å². The number of carbonyl (C=O) groups excluding carboxylic acids is 1. The quantitative estimate of drug-likeness (QED) is 0.774. The van der Waals surface area contributed by atoms with Gasteiger partial charge < -0.3 is 10.6 Å². The van der Waals surface area contributed by atoms with Gasteiger partial charge >= 0.3 is 6.18 Å². The number of aromatic nitrogens is 4. The standard InChI is InChI=1S/C14H17F3N6O/c1-8-4-9(5-10(21-8)18-6-14(15,16)17)11(24)22-13(2,3)12-19-7-20-23-12/h4-5,7H,6H2,1-3H3,(H,18,21)(H,22,24)(H,19,20,23). The number of nitrogens with one attached hydrogen (secondary N) is 3. The third kappa shape index (κ3) is 4.67. The van der Waals surface area contributed by atoms with E-state index in [2.05, 4.69) is 30.8 Å². The molecule has 1 amide bonds. The number of amides is 1. The van der Waals surface area contributed by atoms with Crippen LogP contribution in [0.5, 0.6) is 0 Å². The van der Waals surface area contributed by atoms with Gasteiger partial charge in [0, 0.05) is 11.3 Å². The van der Waals surface area contributed by atoms with Crippen LogP contribution in [0.25, 0.3) is 0 Å². The second-order valence-corrected chi connectivity index (χ2v) is 5.76. The molecule has 2 aromatic rings. The van der Waals surface area contributed by atoms with Gasteiger partial charge in [0.15, 0.2) is 0 Å². The molecule has 2 heterocycles. The molecule has 0 aliphatic heterocycles. The van der Waals surface area contributed by atoms with Crippen LogP contribution >= 0.6 is 0 Å². The van der Waals surface area contributed by atoms with Gasteiger partial charge in [-0.1, -0.05) is 0 Å². The summed E-state index contributed by atoms with van der Waals surface area (Å²) in [6.45, 7) is 3.82. The third-order valence-corrected chi connectivity index (χ3v) is 3.12. The number of rotatable bonds is 5. The lowest BCUT2D eigenvalue weighted by Crippen LogP contribution is -2.42. The minimum absolute atomic E-state index is 0.0186. The lowest BCUT2D eigenvalue weighted by atomic mass is 10.0.